The predicted molar refractivity (Wildman–Crippen MR) is 115 cm³/mol. The molecular formula is C23H23N5O4. The molecule has 1 saturated heterocycles. The summed E-state index contributed by atoms with van der Waals surface area (Å²) in [5.41, 5.74) is 10.0. The number of nitrogens with one attached hydrogen (secondary N) is 2. The summed E-state index contributed by atoms with van der Waals surface area (Å²) in [5.74, 6) is -1.47. The van der Waals surface area contributed by atoms with E-state index in [2.05, 4.69) is 15.6 Å². The number of hydrogen-bond acceptors (Lipinski definition) is 6. The van der Waals surface area contributed by atoms with E-state index in [0.29, 0.717) is 22.4 Å². The van der Waals surface area contributed by atoms with Gasteiger partial charge in [0.2, 0.25) is 11.8 Å². The molecule has 9 heteroatoms. The van der Waals surface area contributed by atoms with Gasteiger partial charge in [-0.1, -0.05) is 6.07 Å². The fourth-order valence-electron chi connectivity index (χ4n) is 4.71. The number of carbonyl (C=O) groups excluding carboxylic acids is 4. The Morgan fingerprint density at radius 3 is 2.84 bits per heavy atom. The Kier molecular flexibility index (Phi) is 4.97. The first kappa shape index (κ1) is 20.3. The molecule has 0 spiro atoms. The highest BCUT2D eigenvalue weighted by Gasteiger charge is 2.40. The summed E-state index contributed by atoms with van der Waals surface area (Å²) in [5, 5.41) is 5.17. The number of hydrogen-bond donors (Lipinski definition) is 3. The fourth-order valence-corrected chi connectivity index (χ4v) is 4.71. The summed E-state index contributed by atoms with van der Waals surface area (Å²) in [7, 11) is 0. The Morgan fingerprint density at radius 1 is 1.19 bits per heavy atom. The molecule has 4 N–H and O–H groups in total. The molecule has 2 aromatic rings. The Hall–Kier alpha value is -3.59. The van der Waals surface area contributed by atoms with E-state index in [1.165, 1.54) is 4.90 Å². The second-order valence-electron chi connectivity index (χ2n) is 8.52. The number of carbonyl (C=O) groups is 4. The summed E-state index contributed by atoms with van der Waals surface area (Å²) in [6.07, 6.45) is 4.54. The van der Waals surface area contributed by atoms with Gasteiger partial charge in [0.15, 0.2) is 0 Å². The fraction of sp³-hybridized carbons (Fsp3) is 0.348. The maximum absolute atomic E-state index is 13.1. The van der Waals surface area contributed by atoms with Crippen LogP contribution in [-0.2, 0) is 29.0 Å². The maximum atomic E-state index is 13.1. The zero-order valence-electron chi connectivity index (χ0n) is 17.4. The molecule has 0 saturated carbocycles. The first-order chi connectivity index (χ1) is 15.4. The van der Waals surface area contributed by atoms with Crippen molar-refractivity contribution in [1.29, 1.82) is 0 Å². The lowest BCUT2D eigenvalue weighted by molar-refractivity contribution is -0.136. The third-order valence-electron chi connectivity index (χ3n) is 6.38. The number of nitrogens with two attached hydrogens (primary N) is 1. The van der Waals surface area contributed by atoms with Gasteiger partial charge in [0.05, 0.1) is 11.9 Å². The number of fused-ring (bicyclic) bond motifs is 2. The molecule has 4 amide bonds. The van der Waals surface area contributed by atoms with Crippen molar-refractivity contribution in [2.24, 2.45) is 5.73 Å². The lowest BCUT2D eigenvalue weighted by Gasteiger charge is -2.29. The first-order valence-corrected chi connectivity index (χ1v) is 10.7. The van der Waals surface area contributed by atoms with Gasteiger partial charge in [0, 0.05) is 35.8 Å². The zero-order valence-corrected chi connectivity index (χ0v) is 17.4. The smallest absolute Gasteiger partial charge is 0.256 e. The quantitative estimate of drug-likeness (QED) is 0.616. The van der Waals surface area contributed by atoms with Crippen molar-refractivity contribution in [3.05, 3.63) is 58.4 Å². The van der Waals surface area contributed by atoms with E-state index < -0.39 is 11.9 Å². The van der Waals surface area contributed by atoms with Crippen molar-refractivity contribution in [3.63, 3.8) is 0 Å². The third kappa shape index (κ3) is 3.54. The van der Waals surface area contributed by atoms with E-state index in [1.54, 1.807) is 24.4 Å². The minimum Gasteiger partial charge on any atom is -0.327 e. The largest absolute Gasteiger partial charge is 0.327 e. The monoisotopic (exact) mass is 433 g/mol. The van der Waals surface area contributed by atoms with Crippen LogP contribution in [0.3, 0.4) is 0 Å². The van der Waals surface area contributed by atoms with E-state index in [-0.39, 0.29) is 43.1 Å². The van der Waals surface area contributed by atoms with Gasteiger partial charge in [-0.3, -0.25) is 29.5 Å². The summed E-state index contributed by atoms with van der Waals surface area (Å²) in [6, 6.07) is 6.25. The van der Waals surface area contributed by atoms with Gasteiger partial charge in [0.25, 0.3) is 11.8 Å². The SMILES string of the molecule is NC1CCc2ncc(NC(=O)c3cccc4c3CN(C3CCC(=O)NC3=O)C4=O)cc2C1. The van der Waals surface area contributed by atoms with Crippen LogP contribution < -0.4 is 16.4 Å². The summed E-state index contributed by atoms with van der Waals surface area (Å²) >= 11 is 0. The minimum atomic E-state index is -0.724. The van der Waals surface area contributed by atoms with Gasteiger partial charge < -0.3 is 16.0 Å². The summed E-state index contributed by atoms with van der Waals surface area (Å²) < 4.78 is 0. The highest BCUT2D eigenvalue weighted by Crippen LogP contribution is 2.30. The van der Waals surface area contributed by atoms with Crippen molar-refractivity contribution in [3.8, 4) is 0 Å². The van der Waals surface area contributed by atoms with Crippen molar-refractivity contribution < 1.29 is 19.2 Å². The molecule has 2 unspecified atom stereocenters. The van der Waals surface area contributed by atoms with Crippen LogP contribution in [0.25, 0.3) is 0 Å². The Balaban J connectivity index is 1.38. The number of rotatable bonds is 3. The Morgan fingerprint density at radius 2 is 2.03 bits per heavy atom. The molecule has 1 fully saturated rings. The molecule has 164 valence electrons. The highest BCUT2D eigenvalue weighted by atomic mass is 16.2. The van der Waals surface area contributed by atoms with Crippen LogP contribution >= 0.6 is 0 Å². The second kappa shape index (κ2) is 7.83. The maximum Gasteiger partial charge on any atom is 0.256 e. The van der Waals surface area contributed by atoms with Gasteiger partial charge in [-0.2, -0.15) is 0 Å². The van der Waals surface area contributed by atoms with Gasteiger partial charge in [-0.15, -0.1) is 0 Å². The molecule has 1 aliphatic carbocycles. The number of aromatic nitrogens is 1. The second-order valence-corrected chi connectivity index (χ2v) is 8.52. The lowest BCUT2D eigenvalue weighted by atomic mass is 9.92. The molecule has 9 nitrogen and oxygen atoms in total. The molecule has 3 aliphatic rings. The van der Waals surface area contributed by atoms with Crippen molar-refractivity contribution in [2.75, 3.05) is 5.32 Å². The van der Waals surface area contributed by atoms with Crippen LogP contribution in [0.5, 0.6) is 0 Å². The standard InChI is InChI=1S/C23H23N5O4/c24-13-4-5-18-12(8-13)9-14(10-25-18)26-21(30)15-2-1-3-16-17(15)11-28(23(16)32)19-6-7-20(29)27-22(19)31/h1-3,9-10,13,19H,4-8,11,24H2,(H,26,30)(H,27,29,31). The van der Waals surface area contributed by atoms with E-state index in [9.17, 15) is 19.2 Å². The van der Waals surface area contributed by atoms with Crippen LogP contribution in [0.15, 0.2) is 30.5 Å². The average molecular weight is 433 g/mol. The van der Waals surface area contributed by atoms with Crippen LogP contribution in [0.2, 0.25) is 0 Å². The lowest BCUT2D eigenvalue weighted by Crippen LogP contribution is -2.52. The van der Waals surface area contributed by atoms with Crippen molar-refractivity contribution >= 4 is 29.3 Å². The van der Waals surface area contributed by atoms with Crippen LogP contribution in [0.4, 0.5) is 5.69 Å². The number of aryl methyl sites for hydroxylation is 1. The van der Waals surface area contributed by atoms with Crippen LogP contribution in [0, 0.1) is 0 Å². The van der Waals surface area contributed by atoms with Crippen LogP contribution in [-0.4, -0.2) is 45.6 Å². The Bertz CT molecular complexity index is 1160. The number of nitrogens with zero attached hydrogens (tertiary/aromatic N) is 2. The molecule has 2 aliphatic heterocycles. The highest BCUT2D eigenvalue weighted by molar-refractivity contribution is 6.10. The summed E-state index contributed by atoms with van der Waals surface area (Å²) in [6.45, 7) is 0.140. The number of benzene rings is 1. The summed E-state index contributed by atoms with van der Waals surface area (Å²) in [4.78, 5) is 55.7. The molecule has 0 bridgehead atoms. The van der Waals surface area contributed by atoms with E-state index >= 15 is 0 Å². The van der Waals surface area contributed by atoms with Gasteiger partial charge >= 0.3 is 0 Å². The normalized spacial score (nSPS) is 22.3. The number of amides is 4. The minimum absolute atomic E-state index is 0.0944. The predicted octanol–water partition coefficient (Wildman–Crippen LogP) is 0.911. The molecule has 0 radical (unpaired) electrons. The molecular weight excluding hydrogens is 410 g/mol. The third-order valence-corrected chi connectivity index (χ3v) is 6.38. The van der Waals surface area contributed by atoms with Gasteiger partial charge in [0.1, 0.15) is 6.04 Å². The zero-order chi connectivity index (χ0) is 22.4. The van der Waals surface area contributed by atoms with E-state index in [0.717, 1.165) is 30.5 Å². The number of piperidine rings is 1. The molecule has 5 rings (SSSR count). The topological polar surface area (TPSA) is 134 Å². The average Bonchev–Trinajstić information content (AvgIpc) is 3.10. The van der Waals surface area contributed by atoms with Crippen molar-refractivity contribution in [1.82, 2.24) is 15.2 Å². The number of pyridine rings is 1. The van der Waals surface area contributed by atoms with Gasteiger partial charge in [-0.05, 0) is 55.0 Å². The van der Waals surface area contributed by atoms with Crippen LogP contribution in [0.1, 0.15) is 56.8 Å². The first-order valence-electron chi connectivity index (χ1n) is 10.7. The number of imide groups is 1. The van der Waals surface area contributed by atoms with E-state index in [1.807, 2.05) is 6.07 Å². The van der Waals surface area contributed by atoms with E-state index in [4.69, 9.17) is 5.73 Å². The Labute approximate surface area is 184 Å². The van der Waals surface area contributed by atoms with Gasteiger partial charge in [-0.25, -0.2) is 0 Å². The molecule has 2 atom stereocenters. The molecule has 3 heterocycles. The van der Waals surface area contributed by atoms with Crippen molar-refractivity contribution in [2.45, 2.75) is 50.7 Å². The number of anilines is 1. The molecule has 1 aromatic carbocycles. The molecule has 32 heavy (non-hydrogen) atoms. The molecule has 1 aromatic heterocycles.